The van der Waals surface area contributed by atoms with Gasteiger partial charge in [-0.3, -0.25) is 0 Å². The minimum atomic E-state index is -3.64. The second-order valence-electron chi connectivity index (χ2n) is 6.98. The maximum atomic E-state index is 12.8. The maximum Gasteiger partial charge on any atom is 0.241 e. The van der Waals surface area contributed by atoms with Crippen LogP contribution in [0.15, 0.2) is 47.4 Å². The lowest BCUT2D eigenvalue weighted by Crippen LogP contribution is -2.36. The molecule has 6 nitrogen and oxygen atoms in total. The summed E-state index contributed by atoms with van der Waals surface area (Å²) in [5.41, 5.74) is 3.78. The van der Waals surface area contributed by atoms with Gasteiger partial charge in [-0.25, -0.2) is 13.1 Å². The third-order valence-electron chi connectivity index (χ3n) is 4.71. The molecule has 0 radical (unpaired) electrons. The molecule has 142 valence electrons. The number of aryl methyl sites for hydroxylation is 2. The fraction of sp³-hybridized carbons (Fsp3) is 0.350. The van der Waals surface area contributed by atoms with E-state index in [9.17, 15) is 8.42 Å². The summed E-state index contributed by atoms with van der Waals surface area (Å²) in [6.07, 6.45) is 2.70. The van der Waals surface area contributed by atoms with Crippen LogP contribution < -0.4 is 10.0 Å². The molecule has 0 aromatic heterocycles. The number of nitrogens with one attached hydrogen (secondary N) is 2. The van der Waals surface area contributed by atoms with Gasteiger partial charge in [0.25, 0.3) is 0 Å². The van der Waals surface area contributed by atoms with Crippen LogP contribution >= 0.6 is 0 Å². The van der Waals surface area contributed by atoms with Crippen LogP contribution in [0.25, 0.3) is 0 Å². The largest absolute Gasteiger partial charge is 0.381 e. The summed E-state index contributed by atoms with van der Waals surface area (Å²) >= 11 is 0. The average Bonchev–Trinajstić information content (AvgIpc) is 3.08. The molecule has 0 amide bonds. The summed E-state index contributed by atoms with van der Waals surface area (Å²) in [7, 11) is -3.64. The Morgan fingerprint density at radius 3 is 2.74 bits per heavy atom. The summed E-state index contributed by atoms with van der Waals surface area (Å²) in [5.74, 6) is 0. The number of nitriles is 1. The first kappa shape index (κ1) is 19.2. The second-order valence-corrected chi connectivity index (χ2v) is 8.66. The highest BCUT2D eigenvalue weighted by atomic mass is 32.2. The molecule has 1 fully saturated rings. The van der Waals surface area contributed by atoms with E-state index in [2.05, 4.69) is 22.3 Å². The normalized spacial score (nSPS) is 16.9. The summed E-state index contributed by atoms with van der Waals surface area (Å²) in [5, 5.41) is 12.2. The van der Waals surface area contributed by atoms with E-state index in [1.165, 1.54) is 5.56 Å². The predicted octanol–water partition coefficient (Wildman–Crippen LogP) is 2.75. The number of sulfonamides is 1. The van der Waals surface area contributed by atoms with Gasteiger partial charge < -0.3 is 10.2 Å². The minimum Gasteiger partial charge on any atom is -0.381 e. The van der Waals surface area contributed by atoms with Crippen LogP contribution in [0.2, 0.25) is 0 Å². The molecule has 2 aromatic carbocycles. The Morgan fingerprint density at radius 1 is 1.22 bits per heavy atom. The SMILES string of the molecule is Cc1cccc(CNc2ccc(C)c(S(=O)(=O)N[C@@H]3CCN(C#N)C3)c2)c1. The van der Waals surface area contributed by atoms with Crippen molar-refractivity contribution in [2.24, 2.45) is 0 Å². The van der Waals surface area contributed by atoms with Crippen LogP contribution in [0.3, 0.4) is 0 Å². The van der Waals surface area contributed by atoms with Gasteiger partial charge in [0, 0.05) is 31.4 Å². The third-order valence-corrected chi connectivity index (χ3v) is 6.37. The minimum absolute atomic E-state index is 0.238. The lowest BCUT2D eigenvalue weighted by Gasteiger charge is -2.16. The van der Waals surface area contributed by atoms with E-state index >= 15 is 0 Å². The highest BCUT2D eigenvalue weighted by Crippen LogP contribution is 2.22. The third kappa shape index (κ3) is 4.79. The molecule has 0 saturated carbocycles. The molecular formula is C20H24N4O2S. The first-order chi connectivity index (χ1) is 12.9. The Morgan fingerprint density at radius 2 is 2.04 bits per heavy atom. The van der Waals surface area contributed by atoms with Crippen LogP contribution in [0.4, 0.5) is 5.69 Å². The Labute approximate surface area is 160 Å². The van der Waals surface area contributed by atoms with Gasteiger partial charge >= 0.3 is 0 Å². The number of anilines is 1. The van der Waals surface area contributed by atoms with E-state index < -0.39 is 10.0 Å². The van der Waals surface area contributed by atoms with Crippen LogP contribution in [0, 0.1) is 25.3 Å². The summed E-state index contributed by atoms with van der Waals surface area (Å²) in [6.45, 7) is 5.45. The molecule has 0 spiro atoms. The van der Waals surface area contributed by atoms with E-state index in [1.807, 2.05) is 37.3 Å². The van der Waals surface area contributed by atoms with Crippen molar-refractivity contribution in [3.63, 3.8) is 0 Å². The topological polar surface area (TPSA) is 85.2 Å². The van der Waals surface area contributed by atoms with E-state index in [0.717, 1.165) is 11.3 Å². The van der Waals surface area contributed by atoms with E-state index in [4.69, 9.17) is 5.26 Å². The van der Waals surface area contributed by atoms with Gasteiger partial charge in [-0.05, 0) is 43.5 Å². The standard InChI is InChI=1S/C20H24N4O2S/c1-15-4-3-5-17(10-15)12-22-18-7-6-16(2)20(11-18)27(25,26)23-19-8-9-24(13-19)14-21/h3-7,10-11,19,22-23H,8-9,12-13H2,1-2H3/t19-/m1/s1. The molecule has 3 rings (SSSR count). The Hall–Kier alpha value is -2.56. The zero-order valence-corrected chi connectivity index (χ0v) is 16.4. The first-order valence-electron chi connectivity index (χ1n) is 8.94. The number of benzene rings is 2. The van der Waals surface area contributed by atoms with Crippen molar-refractivity contribution in [1.82, 2.24) is 9.62 Å². The summed E-state index contributed by atoms with van der Waals surface area (Å²) < 4.78 is 28.4. The van der Waals surface area contributed by atoms with E-state index in [1.54, 1.807) is 17.9 Å². The quantitative estimate of drug-likeness (QED) is 0.748. The van der Waals surface area contributed by atoms with Gasteiger partial charge in [0.15, 0.2) is 6.19 Å². The smallest absolute Gasteiger partial charge is 0.241 e. The molecule has 1 heterocycles. The zero-order chi connectivity index (χ0) is 19.4. The molecule has 0 unspecified atom stereocenters. The zero-order valence-electron chi connectivity index (χ0n) is 15.6. The van der Waals surface area contributed by atoms with Crippen molar-refractivity contribution in [2.45, 2.75) is 37.8 Å². The lowest BCUT2D eigenvalue weighted by atomic mass is 10.1. The van der Waals surface area contributed by atoms with Gasteiger partial charge in [-0.15, -0.1) is 0 Å². The average molecular weight is 385 g/mol. The fourth-order valence-corrected chi connectivity index (χ4v) is 4.79. The molecule has 0 aliphatic carbocycles. The summed E-state index contributed by atoms with van der Waals surface area (Å²) in [4.78, 5) is 1.84. The molecule has 7 heteroatoms. The Bertz CT molecular complexity index is 966. The van der Waals surface area contributed by atoms with Gasteiger partial charge in [0.1, 0.15) is 0 Å². The maximum absolute atomic E-state index is 12.8. The predicted molar refractivity (Wildman–Crippen MR) is 106 cm³/mol. The molecule has 2 N–H and O–H groups in total. The van der Waals surface area contributed by atoms with Crippen molar-refractivity contribution >= 4 is 15.7 Å². The van der Waals surface area contributed by atoms with Crippen LogP contribution in [-0.2, 0) is 16.6 Å². The van der Waals surface area contributed by atoms with Gasteiger partial charge in [0.2, 0.25) is 10.0 Å². The molecule has 1 saturated heterocycles. The highest BCUT2D eigenvalue weighted by Gasteiger charge is 2.27. The van der Waals surface area contributed by atoms with E-state index in [-0.39, 0.29) is 10.9 Å². The number of hydrogen-bond acceptors (Lipinski definition) is 5. The molecule has 2 aromatic rings. The number of nitrogens with zero attached hydrogens (tertiary/aromatic N) is 2. The van der Waals surface area contributed by atoms with Crippen molar-refractivity contribution in [1.29, 1.82) is 5.26 Å². The molecule has 1 atom stereocenters. The Kier molecular flexibility index (Phi) is 5.68. The molecular weight excluding hydrogens is 360 g/mol. The summed E-state index contributed by atoms with van der Waals surface area (Å²) in [6, 6.07) is 13.3. The number of rotatable bonds is 6. The van der Waals surface area contributed by atoms with Gasteiger partial charge in [-0.1, -0.05) is 35.9 Å². The number of hydrogen-bond donors (Lipinski definition) is 2. The monoisotopic (exact) mass is 384 g/mol. The van der Waals surface area contributed by atoms with Gasteiger partial charge in [0.05, 0.1) is 4.90 Å². The lowest BCUT2D eigenvalue weighted by molar-refractivity contribution is 0.470. The van der Waals surface area contributed by atoms with Crippen molar-refractivity contribution in [3.8, 4) is 6.19 Å². The van der Waals surface area contributed by atoms with Crippen LogP contribution in [0.1, 0.15) is 23.1 Å². The molecule has 1 aliphatic heterocycles. The van der Waals surface area contributed by atoms with Crippen LogP contribution in [0.5, 0.6) is 0 Å². The van der Waals surface area contributed by atoms with Crippen molar-refractivity contribution in [3.05, 3.63) is 59.2 Å². The van der Waals surface area contributed by atoms with Gasteiger partial charge in [-0.2, -0.15) is 5.26 Å². The highest BCUT2D eigenvalue weighted by molar-refractivity contribution is 7.89. The van der Waals surface area contributed by atoms with E-state index in [0.29, 0.717) is 31.6 Å². The van der Waals surface area contributed by atoms with Crippen LogP contribution in [-0.4, -0.2) is 32.4 Å². The fourth-order valence-electron chi connectivity index (χ4n) is 3.26. The molecule has 0 bridgehead atoms. The first-order valence-corrected chi connectivity index (χ1v) is 10.4. The number of likely N-dealkylation sites (tertiary alicyclic amines) is 1. The molecule has 1 aliphatic rings. The van der Waals surface area contributed by atoms with Crippen molar-refractivity contribution in [2.75, 3.05) is 18.4 Å². The molecule has 27 heavy (non-hydrogen) atoms. The van der Waals surface area contributed by atoms with Crippen molar-refractivity contribution < 1.29 is 8.42 Å². The second kappa shape index (κ2) is 7.99. The Balaban J connectivity index is 1.73.